The first-order valence-corrected chi connectivity index (χ1v) is 7.44. The summed E-state index contributed by atoms with van der Waals surface area (Å²) < 4.78 is 0. The fourth-order valence-corrected chi connectivity index (χ4v) is 3.44. The zero-order valence-corrected chi connectivity index (χ0v) is 11.7. The van der Waals surface area contributed by atoms with Gasteiger partial charge < -0.3 is 16.0 Å². The second kappa shape index (κ2) is 6.37. The number of hydrogen-bond donors (Lipinski definition) is 2. The van der Waals surface area contributed by atoms with Crippen LogP contribution in [0, 0.1) is 11.8 Å². The zero-order valence-electron chi connectivity index (χ0n) is 11.7. The smallest absolute Gasteiger partial charge is 0.228 e. The molecular weight excluding hydrogens is 242 g/mol. The van der Waals surface area contributed by atoms with E-state index in [0.29, 0.717) is 32.0 Å². The molecule has 108 valence electrons. The number of nitrogens with zero attached hydrogens (tertiary/aromatic N) is 1. The third-order valence-electron chi connectivity index (χ3n) is 4.52. The number of carbonyl (C=O) groups excluding carboxylic acids is 2. The number of rotatable bonds is 4. The van der Waals surface area contributed by atoms with Gasteiger partial charge in [-0.15, -0.1) is 0 Å². The Kier molecular flexibility index (Phi) is 4.80. The number of amides is 2. The van der Waals surface area contributed by atoms with Gasteiger partial charge in [-0.3, -0.25) is 9.59 Å². The van der Waals surface area contributed by atoms with Crippen LogP contribution in [0.15, 0.2) is 0 Å². The van der Waals surface area contributed by atoms with Gasteiger partial charge in [0.05, 0.1) is 5.92 Å². The summed E-state index contributed by atoms with van der Waals surface area (Å²) in [4.78, 5) is 25.8. The molecule has 1 aliphatic heterocycles. The van der Waals surface area contributed by atoms with Crippen LogP contribution in [0.2, 0.25) is 0 Å². The van der Waals surface area contributed by atoms with Crippen molar-refractivity contribution in [3.63, 3.8) is 0 Å². The minimum Gasteiger partial charge on any atom is -0.355 e. The van der Waals surface area contributed by atoms with Crippen molar-refractivity contribution in [2.75, 3.05) is 19.6 Å². The standard InChI is InChI=1S/C14H25N3O2/c1-2-17(12-6-4-3-5-10(12)8-15)14(19)11-7-13(18)16-9-11/h10-12H,2-9,15H2,1H3,(H,16,18). The van der Waals surface area contributed by atoms with Gasteiger partial charge in [0.1, 0.15) is 0 Å². The van der Waals surface area contributed by atoms with Crippen LogP contribution < -0.4 is 11.1 Å². The lowest BCUT2D eigenvalue weighted by atomic mass is 9.83. The quantitative estimate of drug-likeness (QED) is 0.778. The van der Waals surface area contributed by atoms with Gasteiger partial charge in [-0.05, 0) is 32.2 Å². The van der Waals surface area contributed by atoms with Gasteiger partial charge in [0.25, 0.3) is 0 Å². The molecule has 3 unspecified atom stereocenters. The van der Waals surface area contributed by atoms with Crippen molar-refractivity contribution in [2.24, 2.45) is 17.6 Å². The monoisotopic (exact) mass is 267 g/mol. The predicted molar refractivity (Wildman–Crippen MR) is 73.3 cm³/mol. The van der Waals surface area contributed by atoms with Crippen LogP contribution in [-0.4, -0.2) is 42.4 Å². The molecule has 19 heavy (non-hydrogen) atoms. The molecule has 0 aromatic rings. The van der Waals surface area contributed by atoms with Crippen molar-refractivity contribution in [3.8, 4) is 0 Å². The molecule has 3 atom stereocenters. The highest BCUT2D eigenvalue weighted by Crippen LogP contribution is 2.29. The van der Waals surface area contributed by atoms with E-state index in [1.165, 1.54) is 12.8 Å². The summed E-state index contributed by atoms with van der Waals surface area (Å²) in [7, 11) is 0. The molecule has 3 N–H and O–H groups in total. The third-order valence-corrected chi connectivity index (χ3v) is 4.52. The molecule has 2 rings (SSSR count). The lowest BCUT2D eigenvalue weighted by Crippen LogP contribution is -2.50. The molecule has 2 amide bonds. The number of nitrogens with one attached hydrogen (secondary N) is 1. The molecule has 1 saturated carbocycles. The molecule has 0 bridgehead atoms. The van der Waals surface area contributed by atoms with Gasteiger partial charge in [-0.2, -0.15) is 0 Å². The minimum atomic E-state index is -0.173. The van der Waals surface area contributed by atoms with Gasteiger partial charge >= 0.3 is 0 Å². The molecule has 1 aliphatic carbocycles. The number of hydrogen-bond acceptors (Lipinski definition) is 3. The maximum atomic E-state index is 12.6. The van der Waals surface area contributed by atoms with E-state index >= 15 is 0 Å². The van der Waals surface area contributed by atoms with Gasteiger partial charge in [0.2, 0.25) is 11.8 Å². The summed E-state index contributed by atoms with van der Waals surface area (Å²) in [6.07, 6.45) is 4.90. The molecule has 0 radical (unpaired) electrons. The Hall–Kier alpha value is -1.10. The molecule has 5 heteroatoms. The van der Waals surface area contributed by atoms with Gasteiger partial charge in [-0.1, -0.05) is 12.8 Å². The van der Waals surface area contributed by atoms with Crippen LogP contribution in [0.1, 0.15) is 39.0 Å². The fourth-order valence-electron chi connectivity index (χ4n) is 3.44. The van der Waals surface area contributed by atoms with Gasteiger partial charge in [0.15, 0.2) is 0 Å². The Labute approximate surface area is 114 Å². The van der Waals surface area contributed by atoms with Crippen LogP contribution in [0.25, 0.3) is 0 Å². The molecule has 0 aromatic carbocycles. The maximum Gasteiger partial charge on any atom is 0.228 e. The molecule has 1 saturated heterocycles. The molecule has 2 fully saturated rings. The molecule has 0 spiro atoms. The summed E-state index contributed by atoms with van der Waals surface area (Å²) >= 11 is 0. The molecular formula is C14H25N3O2. The first-order valence-electron chi connectivity index (χ1n) is 7.44. The Morgan fingerprint density at radius 3 is 2.74 bits per heavy atom. The fraction of sp³-hybridized carbons (Fsp3) is 0.857. The Bertz CT molecular complexity index is 346. The van der Waals surface area contributed by atoms with Crippen molar-refractivity contribution in [3.05, 3.63) is 0 Å². The molecule has 1 heterocycles. The summed E-state index contributed by atoms with van der Waals surface area (Å²) in [5.41, 5.74) is 5.86. The highest BCUT2D eigenvalue weighted by Gasteiger charge is 2.36. The van der Waals surface area contributed by atoms with Crippen LogP contribution in [0.4, 0.5) is 0 Å². The SMILES string of the molecule is CCN(C(=O)C1CNC(=O)C1)C1CCCCC1CN. The third kappa shape index (κ3) is 3.08. The summed E-state index contributed by atoms with van der Waals surface area (Å²) in [6, 6.07) is 0.270. The van der Waals surface area contributed by atoms with Crippen molar-refractivity contribution in [1.82, 2.24) is 10.2 Å². The first-order chi connectivity index (χ1) is 9.17. The van der Waals surface area contributed by atoms with E-state index in [4.69, 9.17) is 5.73 Å². The van der Waals surface area contributed by atoms with E-state index in [0.717, 1.165) is 12.8 Å². The number of carbonyl (C=O) groups is 2. The van der Waals surface area contributed by atoms with Crippen LogP contribution in [0.5, 0.6) is 0 Å². The van der Waals surface area contributed by atoms with E-state index in [2.05, 4.69) is 5.32 Å². The predicted octanol–water partition coefficient (Wildman–Crippen LogP) is 0.489. The second-order valence-corrected chi connectivity index (χ2v) is 5.68. The van der Waals surface area contributed by atoms with Gasteiger partial charge in [-0.25, -0.2) is 0 Å². The summed E-state index contributed by atoms with van der Waals surface area (Å²) in [5.74, 6) is 0.370. The molecule has 5 nitrogen and oxygen atoms in total. The first kappa shape index (κ1) is 14.3. The highest BCUT2D eigenvalue weighted by molar-refractivity contribution is 5.89. The topological polar surface area (TPSA) is 75.4 Å². The number of nitrogens with two attached hydrogens (primary N) is 1. The lowest BCUT2D eigenvalue weighted by molar-refractivity contribution is -0.139. The maximum absolute atomic E-state index is 12.6. The second-order valence-electron chi connectivity index (χ2n) is 5.68. The molecule has 0 aromatic heterocycles. The largest absolute Gasteiger partial charge is 0.355 e. The van der Waals surface area contributed by atoms with E-state index < -0.39 is 0 Å². The average molecular weight is 267 g/mol. The Morgan fingerprint density at radius 2 is 2.16 bits per heavy atom. The summed E-state index contributed by atoms with van der Waals surface area (Å²) in [6.45, 7) is 3.87. The zero-order chi connectivity index (χ0) is 13.8. The summed E-state index contributed by atoms with van der Waals surface area (Å²) in [5, 5.41) is 2.75. The Balaban J connectivity index is 2.05. The van der Waals surface area contributed by atoms with Crippen molar-refractivity contribution in [2.45, 2.75) is 45.1 Å². The van der Waals surface area contributed by atoms with E-state index in [-0.39, 0.29) is 23.8 Å². The van der Waals surface area contributed by atoms with Crippen LogP contribution in [-0.2, 0) is 9.59 Å². The van der Waals surface area contributed by atoms with Crippen LogP contribution in [0.3, 0.4) is 0 Å². The van der Waals surface area contributed by atoms with E-state index in [1.807, 2.05) is 11.8 Å². The minimum absolute atomic E-state index is 0.00609. The van der Waals surface area contributed by atoms with Crippen molar-refractivity contribution in [1.29, 1.82) is 0 Å². The van der Waals surface area contributed by atoms with E-state index in [1.54, 1.807) is 0 Å². The average Bonchev–Trinajstić information content (AvgIpc) is 2.86. The van der Waals surface area contributed by atoms with Gasteiger partial charge in [0, 0.05) is 25.6 Å². The van der Waals surface area contributed by atoms with Crippen LogP contribution >= 0.6 is 0 Å². The van der Waals surface area contributed by atoms with Crippen molar-refractivity contribution >= 4 is 11.8 Å². The highest BCUT2D eigenvalue weighted by atomic mass is 16.2. The molecule has 2 aliphatic rings. The Morgan fingerprint density at radius 1 is 1.42 bits per heavy atom. The normalized spacial score (nSPS) is 31.1. The van der Waals surface area contributed by atoms with E-state index in [9.17, 15) is 9.59 Å². The van der Waals surface area contributed by atoms with Crippen molar-refractivity contribution < 1.29 is 9.59 Å². The lowest BCUT2D eigenvalue weighted by Gasteiger charge is -2.40.